The fourth-order valence-electron chi connectivity index (χ4n) is 5.83. The smallest absolute Gasteiger partial charge is 0.171 e. The van der Waals surface area contributed by atoms with Crippen molar-refractivity contribution in [2.75, 3.05) is 0 Å². The molecule has 0 saturated carbocycles. The lowest BCUT2D eigenvalue weighted by Gasteiger charge is -2.26. The van der Waals surface area contributed by atoms with Crippen LogP contribution in [0.4, 0.5) is 0 Å². The Labute approximate surface area is 245 Å². The Kier molecular flexibility index (Phi) is 6.73. The van der Waals surface area contributed by atoms with Crippen LogP contribution in [0.5, 0.6) is 0 Å². The van der Waals surface area contributed by atoms with Crippen molar-refractivity contribution in [2.45, 2.75) is 16.1 Å². The molecule has 1 aliphatic carbocycles. The van der Waals surface area contributed by atoms with E-state index < -0.39 is 14.3 Å². The molecule has 2 nitrogen and oxygen atoms in total. The normalized spacial score (nSPS) is 17.7. The quantitative estimate of drug-likeness (QED) is 0.203. The van der Waals surface area contributed by atoms with Gasteiger partial charge in [-0.2, -0.15) is 0 Å². The first-order valence-corrected chi connectivity index (χ1v) is 17.8. The highest BCUT2D eigenvalue weighted by atomic mass is 32.2. The third-order valence-electron chi connectivity index (χ3n) is 7.87. The molecule has 3 atom stereocenters. The third-order valence-corrected chi connectivity index (χ3v) is 15.3. The summed E-state index contributed by atoms with van der Waals surface area (Å²) >= 11 is 1.81. The maximum atomic E-state index is 15.1. The minimum atomic E-state index is -3.15. The van der Waals surface area contributed by atoms with Gasteiger partial charge in [0.15, 0.2) is 14.3 Å². The van der Waals surface area contributed by atoms with Crippen LogP contribution in [0.2, 0.25) is 0 Å². The molecule has 0 N–H and O–H groups in total. The van der Waals surface area contributed by atoms with Crippen LogP contribution in [0.1, 0.15) is 11.5 Å². The topological polar surface area (TPSA) is 34.1 Å². The van der Waals surface area contributed by atoms with Crippen molar-refractivity contribution < 1.29 is 9.13 Å². The van der Waals surface area contributed by atoms with Crippen LogP contribution in [-0.4, -0.2) is 5.25 Å². The summed E-state index contributed by atoms with van der Waals surface area (Å²) in [5.74, 6) is 0.0237. The summed E-state index contributed by atoms with van der Waals surface area (Å²) in [6.45, 7) is 0. The van der Waals surface area contributed by atoms with Gasteiger partial charge in [-0.1, -0.05) is 121 Å². The lowest BCUT2D eigenvalue weighted by molar-refractivity contribution is 0.590. The monoisotopic (exact) mass is 584 g/mol. The molecule has 0 spiro atoms. The number of fused-ring (bicyclic) bond motifs is 3. The van der Waals surface area contributed by atoms with Gasteiger partial charge in [-0.15, -0.1) is 11.8 Å². The highest BCUT2D eigenvalue weighted by molar-refractivity contribution is 8.00. The van der Waals surface area contributed by atoms with E-state index in [-0.39, 0.29) is 11.2 Å². The summed E-state index contributed by atoms with van der Waals surface area (Å²) in [4.78, 5) is 1.17. The SMILES string of the molecule is O=P(C1=CC2c3cc(P(=O)(c4cc#ccc4)c4ccccc4)ccc3SC2C=C1)(c1ccccc1)c1ccccc1. The minimum Gasteiger partial charge on any atom is -0.309 e. The molecule has 1 heterocycles. The maximum absolute atomic E-state index is 15.1. The molecule has 7 rings (SSSR count). The summed E-state index contributed by atoms with van der Waals surface area (Å²) in [6, 6.07) is 46.9. The second kappa shape index (κ2) is 10.6. The first-order chi connectivity index (χ1) is 20.1. The van der Waals surface area contributed by atoms with Gasteiger partial charge in [-0.25, -0.2) is 0 Å². The molecule has 0 saturated heterocycles. The summed E-state index contributed by atoms with van der Waals surface area (Å²) in [5.41, 5.74) is 1.13. The van der Waals surface area contributed by atoms with E-state index in [1.807, 2.05) is 115 Å². The van der Waals surface area contributed by atoms with Gasteiger partial charge >= 0.3 is 0 Å². The molecule has 5 aromatic rings. The van der Waals surface area contributed by atoms with Crippen LogP contribution >= 0.6 is 26.0 Å². The second-order valence-corrected chi connectivity index (χ2v) is 17.0. The van der Waals surface area contributed by atoms with Crippen molar-refractivity contribution >= 4 is 52.6 Å². The third kappa shape index (κ3) is 4.39. The van der Waals surface area contributed by atoms with Crippen LogP contribution < -0.4 is 26.5 Å². The standard InChI is InChI=1S/C36H26O2P2S/c37-39(27-13-5-1-6-14-27,28-15-7-2-8-16-28)31-21-23-35-33(25-31)34-26-32(22-24-36(34)41-35)40(38,29-17-9-3-10-18-29)30-19-11-4-12-20-30/h1-3,5-11,13-26,33,35H. The van der Waals surface area contributed by atoms with E-state index in [4.69, 9.17) is 0 Å². The molecular formula is C36H26O2P2S. The zero-order valence-electron chi connectivity index (χ0n) is 22.1. The van der Waals surface area contributed by atoms with Gasteiger partial charge in [0, 0.05) is 47.9 Å². The fourth-order valence-corrected chi connectivity index (χ4v) is 12.5. The van der Waals surface area contributed by atoms with Crippen molar-refractivity contribution in [2.24, 2.45) is 0 Å². The zero-order valence-corrected chi connectivity index (χ0v) is 24.7. The molecule has 5 aromatic carbocycles. The molecule has 3 unspecified atom stereocenters. The van der Waals surface area contributed by atoms with E-state index in [0.717, 1.165) is 37.4 Å². The van der Waals surface area contributed by atoms with E-state index in [1.54, 1.807) is 12.1 Å². The predicted octanol–water partition coefficient (Wildman–Crippen LogP) is 6.95. The van der Waals surface area contributed by atoms with Gasteiger partial charge in [-0.05, 0) is 42.0 Å². The number of thioether (sulfide) groups is 1. The molecule has 2 aliphatic rings. The Balaban J connectivity index is 1.37. The number of allylic oxidation sites excluding steroid dienone is 3. The van der Waals surface area contributed by atoms with Gasteiger partial charge in [0.1, 0.15) is 0 Å². The maximum Gasteiger partial charge on any atom is 0.171 e. The van der Waals surface area contributed by atoms with Crippen molar-refractivity contribution in [3.05, 3.63) is 169 Å². The number of hydrogen-bond acceptors (Lipinski definition) is 3. The number of hydrogen-bond donors (Lipinski definition) is 0. The first-order valence-electron chi connectivity index (χ1n) is 13.6. The predicted molar refractivity (Wildman–Crippen MR) is 173 cm³/mol. The van der Waals surface area contributed by atoms with E-state index in [0.29, 0.717) is 0 Å². The van der Waals surface area contributed by atoms with Crippen molar-refractivity contribution in [1.82, 2.24) is 0 Å². The lowest BCUT2D eigenvalue weighted by atomic mass is 9.92. The highest BCUT2D eigenvalue weighted by Gasteiger charge is 2.39. The Bertz CT molecular complexity index is 1780. The molecule has 0 radical (unpaired) electrons. The summed E-state index contributed by atoms with van der Waals surface area (Å²) in [6.07, 6.45) is 6.46. The van der Waals surface area contributed by atoms with Crippen LogP contribution in [-0.2, 0) is 9.13 Å². The fraction of sp³-hybridized carbons (Fsp3) is 0.0556. The van der Waals surface area contributed by atoms with Gasteiger partial charge in [0.2, 0.25) is 0 Å². The minimum absolute atomic E-state index is 0.0237. The largest absolute Gasteiger partial charge is 0.309 e. The van der Waals surface area contributed by atoms with E-state index in [9.17, 15) is 0 Å². The van der Waals surface area contributed by atoms with Crippen LogP contribution in [0.25, 0.3) is 0 Å². The van der Waals surface area contributed by atoms with Crippen LogP contribution in [0.15, 0.2) is 156 Å². The second-order valence-electron chi connectivity index (χ2n) is 10.2. The zero-order chi connectivity index (χ0) is 27.9. The Morgan fingerprint density at radius 2 is 1.22 bits per heavy atom. The molecule has 41 heavy (non-hydrogen) atoms. The van der Waals surface area contributed by atoms with Crippen molar-refractivity contribution in [3.63, 3.8) is 0 Å². The summed E-state index contributed by atoms with van der Waals surface area (Å²) < 4.78 is 30.1. The van der Waals surface area contributed by atoms with Gasteiger partial charge < -0.3 is 9.13 Å². The molecule has 0 aromatic heterocycles. The molecule has 5 heteroatoms. The van der Waals surface area contributed by atoms with E-state index in [2.05, 4.69) is 42.5 Å². The summed E-state index contributed by atoms with van der Waals surface area (Å²) in [5, 5.41) is 5.01. The average molecular weight is 585 g/mol. The molecule has 198 valence electrons. The number of benzene rings is 4. The van der Waals surface area contributed by atoms with E-state index >= 15 is 9.13 Å². The van der Waals surface area contributed by atoms with Crippen molar-refractivity contribution in [3.8, 4) is 0 Å². The van der Waals surface area contributed by atoms with Gasteiger partial charge in [-0.3, -0.25) is 0 Å². The van der Waals surface area contributed by atoms with Crippen molar-refractivity contribution in [1.29, 1.82) is 0 Å². The van der Waals surface area contributed by atoms with E-state index in [1.165, 1.54) is 4.90 Å². The molecule has 0 amide bonds. The highest BCUT2D eigenvalue weighted by Crippen LogP contribution is 2.58. The summed E-state index contributed by atoms with van der Waals surface area (Å²) in [7, 11) is -6.25. The Morgan fingerprint density at radius 3 is 1.80 bits per heavy atom. The molecule has 1 aliphatic heterocycles. The van der Waals surface area contributed by atoms with Crippen LogP contribution in [0, 0.1) is 12.1 Å². The Hall–Kier alpha value is -3.79. The molecule has 0 bridgehead atoms. The first kappa shape index (κ1) is 26.1. The Morgan fingerprint density at radius 1 is 0.610 bits per heavy atom. The van der Waals surface area contributed by atoms with Gasteiger partial charge in [0.05, 0.1) is 0 Å². The van der Waals surface area contributed by atoms with Crippen LogP contribution in [0.3, 0.4) is 0 Å². The molecule has 0 fully saturated rings. The average Bonchev–Trinajstić information content (AvgIpc) is 3.43. The lowest BCUT2D eigenvalue weighted by Crippen LogP contribution is -2.25. The number of rotatable bonds is 6. The van der Waals surface area contributed by atoms with Gasteiger partial charge in [0.25, 0.3) is 0 Å². The molecular weight excluding hydrogens is 558 g/mol.